The monoisotopic (exact) mass is 462 g/mol. The van der Waals surface area contributed by atoms with E-state index in [-0.39, 0.29) is 48.8 Å². The summed E-state index contributed by atoms with van der Waals surface area (Å²) in [6, 6.07) is 4.17. The van der Waals surface area contributed by atoms with Gasteiger partial charge in [0.1, 0.15) is 23.8 Å². The van der Waals surface area contributed by atoms with Crippen LogP contribution in [0.15, 0.2) is 33.1 Å². The molecule has 1 fully saturated rings. The summed E-state index contributed by atoms with van der Waals surface area (Å²) in [6.07, 6.45) is -1.19. The summed E-state index contributed by atoms with van der Waals surface area (Å²) in [5, 5.41) is 11.1. The molecule has 3 heterocycles. The number of nitrogens with two attached hydrogens (primary N) is 1. The number of piperazine rings is 1. The number of halogens is 2. The number of nitrogens with zero attached hydrogens (tertiary/aromatic N) is 2. The van der Waals surface area contributed by atoms with Gasteiger partial charge in [-0.25, -0.2) is 13.6 Å². The van der Waals surface area contributed by atoms with Gasteiger partial charge in [0, 0.05) is 19.2 Å². The topological polar surface area (TPSA) is 159 Å². The molecule has 1 aromatic carbocycles. The molecule has 0 unspecified atom stereocenters. The molecule has 2 aromatic heterocycles. The lowest BCUT2D eigenvalue weighted by Crippen LogP contribution is -2.51. The normalized spacial score (nSPS) is 14.1. The number of anilines is 1. The second-order valence-corrected chi connectivity index (χ2v) is 7.17. The van der Waals surface area contributed by atoms with Crippen LogP contribution in [0, 0.1) is 11.6 Å². The molecule has 0 radical (unpaired) electrons. The number of nitrogens with one attached hydrogen (secondary N) is 1. The van der Waals surface area contributed by atoms with Crippen LogP contribution in [0.25, 0.3) is 11.0 Å². The Bertz CT molecular complexity index is 1300. The molecule has 172 valence electrons. The van der Waals surface area contributed by atoms with E-state index in [1.165, 1.54) is 17.0 Å². The second-order valence-electron chi connectivity index (χ2n) is 7.17. The molecule has 0 atom stereocenters. The van der Waals surface area contributed by atoms with Gasteiger partial charge in [0.25, 0.3) is 11.8 Å². The van der Waals surface area contributed by atoms with Gasteiger partial charge in [-0.1, -0.05) is 0 Å². The van der Waals surface area contributed by atoms with Crippen molar-refractivity contribution in [2.24, 2.45) is 5.73 Å². The third kappa shape index (κ3) is 4.20. The van der Waals surface area contributed by atoms with Gasteiger partial charge in [0.05, 0.1) is 11.9 Å². The zero-order valence-corrected chi connectivity index (χ0v) is 16.8. The van der Waals surface area contributed by atoms with Crippen LogP contribution >= 0.6 is 0 Å². The molecule has 0 bridgehead atoms. The Hall–Kier alpha value is -4.42. The molecular weight excluding hydrogens is 446 g/mol. The number of amides is 4. The molecule has 33 heavy (non-hydrogen) atoms. The minimum absolute atomic E-state index is 0.00281. The highest BCUT2D eigenvalue weighted by molar-refractivity contribution is 6.13. The Balaban J connectivity index is 1.52. The molecule has 0 spiro atoms. The van der Waals surface area contributed by atoms with E-state index < -0.39 is 46.8 Å². The fourth-order valence-corrected chi connectivity index (χ4v) is 3.41. The molecule has 4 amide bonds. The van der Waals surface area contributed by atoms with Gasteiger partial charge in [-0.05, 0) is 18.2 Å². The van der Waals surface area contributed by atoms with Crippen molar-refractivity contribution in [1.29, 1.82) is 0 Å². The highest BCUT2D eigenvalue weighted by atomic mass is 19.1. The lowest BCUT2D eigenvalue weighted by atomic mass is 10.2. The average molecular weight is 462 g/mol. The van der Waals surface area contributed by atoms with Crippen LogP contribution in [-0.2, 0) is 11.3 Å². The van der Waals surface area contributed by atoms with Crippen LogP contribution in [0.1, 0.15) is 26.9 Å². The van der Waals surface area contributed by atoms with Crippen LogP contribution in [-0.4, -0.2) is 58.4 Å². The summed E-state index contributed by atoms with van der Waals surface area (Å²) in [6.45, 7) is -0.0176. The summed E-state index contributed by atoms with van der Waals surface area (Å²) in [5.74, 6) is -4.99. The molecule has 1 saturated heterocycles. The lowest BCUT2D eigenvalue weighted by molar-refractivity contribution is -0.136. The number of hydrogen-bond acceptors (Lipinski definition) is 6. The van der Waals surface area contributed by atoms with Crippen LogP contribution < -0.4 is 11.1 Å². The van der Waals surface area contributed by atoms with Gasteiger partial charge in [0.15, 0.2) is 17.2 Å². The molecule has 0 saturated carbocycles. The van der Waals surface area contributed by atoms with Gasteiger partial charge in [-0.15, -0.1) is 0 Å². The number of carbonyl (C=O) groups is 4. The third-order valence-corrected chi connectivity index (χ3v) is 4.99. The number of hydrogen-bond donors (Lipinski definition) is 3. The summed E-state index contributed by atoms with van der Waals surface area (Å²) in [4.78, 5) is 49.8. The number of benzene rings is 1. The number of primary amides is 1. The Morgan fingerprint density at radius 2 is 1.91 bits per heavy atom. The van der Waals surface area contributed by atoms with E-state index in [1.54, 1.807) is 0 Å². The molecule has 1 aliphatic rings. The van der Waals surface area contributed by atoms with Crippen LogP contribution in [0.2, 0.25) is 0 Å². The largest absolute Gasteiger partial charge is 0.465 e. The predicted octanol–water partition coefficient (Wildman–Crippen LogP) is 1.98. The van der Waals surface area contributed by atoms with Crippen molar-refractivity contribution in [3.05, 3.63) is 53.2 Å². The highest BCUT2D eigenvalue weighted by Crippen LogP contribution is 2.33. The van der Waals surface area contributed by atoms with Crippen molar-refractivity contribution in [1.82, 2.24) is 9.80 Å². The average Bonchev–Trinajstić information content (AvgIpc) is 3.35. The van der Waals surface area contributed by atoms with E-state index in [9.17, 15) is 28.0 Å². The summed E-state index contributed by atoms with van der Waals surface area (Å²) in [7, 11) is 0. The fourth-order valence-electron chi connectivity index (χ4n) is 3.41. The maximum atomic E-state index is 14.0. The molecular formula is C20H16F2N4O7. The molecule has 3 aromatic rings. The quantitative estimate of drug-likeness (QED) is 0.523. The minimum Gasteiger partial charge on any atom is -0.465 e. The molecule has 4 N–H and O–H groups in total. The van der Waals surface area contributed by atoms with Gasteiger partial charge < -0.3 is 29.9 Å². The predicted molar refractivity (Wildman–Crippen MR) is 106 cm³/mol. The van der Waals surface area contributed by atoms with Crippen molar-refractivity contribution in [3.63, 3.8) is 0 Å². The van der Waals surface area contributed by atoms with Gasteiger partial charge in [-0.3, -0.25) is 19.3 Å². The highest BCUT2D eigenvalue weighted by Gasteiger charge is 2.28. The smallest absolute Gasteiger partial charge is 0.407 e. The van der Waals surface area contributed by atoms with E-state index in [2.05, 4.69) is 5.32 Å². The van der Waals surface area contributed by atoms with Crippen molar-refractivity contribution < 1.29 is 41.9 Å². The SMILES string of the molecule is NC(=O)c1oc2c(F)cc(F)cc2c1NC(=O)c1ccc(CN2CCN(C(=O)O)CC2=O)o1. The zero-order chi connectivity index (χ0) is 23.9. The van der Waals surface area contributed by atoms with E-state index in [1.807, 2.05) is 0 Å². The molecule has 1 aliphatic heterocycles. The standard InChI is InChI=1S/C20H16F2N4O7/c21-9-5-11-15(17(18(23)28)33-16(11)12(22)6-9)24-19(29)13-2-1-10(32-13)7-25-3-4-26(20(30)31)8-14(25)27/h1-2,5-6H,3-4,7-8H2,(H2,23,28)(H,24,29)(H,30,31). The van der Waals surface area contributed by atoms with Gasteiger partial charge in [-0.2, -0.15) is 0 Å². The Morgan fingerprint density at radius 1 is 1.15 bits per heavy atom. The number of carbonyl (C=O) groups excluding carboxylic acids is 3. The number of rotatable bonds is 5. The van der Waals surface area contributed by atoms with E-state index in [4.69, 9.17) is 19.7 Å². The first-order chi connectivity index (χ1) is 15.6. The first-order valence-corrected chi connectivity index (χ1v) is 9.51. The van der Waals surface area contributed by atoms with Gasteiger partial charge in [0.2, 0.25) is 11.7 Å². The maximum absolute atomic E-state index is 14.0. The van der Waals surface area contributed by atoms with Crippen LogP contribution in [0.3, 0.4) is 0 Å². The van der Waals surface area contributed by atoms with E-state index >= 15 is 0 Å². The van der Waals surface area contributed by atoms with Crippen LogP contribution in [0.5, 0.6) is 0 Å². The Morgan fingerprint density at radius 3 is 2.58 bits per heavy atom. The summed E-state index contributed by atoms with van der Waals surface area (Å²) < 4.78 is 38.2. The lowest BCUT2D eigenvalue weighted by Gasteiger charge is -2.32. The van der Waals surface area contributed by atoms with Crippen molar-refractivity contribution in [2.75, 3.05) is 25.0 Å². The number of carboxylic acid groups (broad SMARTS) is 1. The number of furan rings is 2. The molecule has 13 heteroatoms. The van der Waals surface area contributed by atoms with E-state index in [0.717, 1.165) is 11.0 Å². The Kier molecular flexibility index (Phi) is 5.45. The first kappa shape index (κ1) is 21.8. The van der Waals surface area contributed by atoms with Crippen molar-refractivity contribution >= 4 is 40.5 Å². The third-order valence-electron chi connectivity index (χ3n) is 4.99. The second kappa shape index (κ2) is 8.26. The molecule has 4 rings (SSSR count). The fraction of sp³-hybridized carbons (Fsp3) is 0.200. The first-order valence-electron chi connectivity index (χ1n) is 9.51. The number of fused-ring (bicyclic) bond motifs is 1. The maximum Gasteiger partial charge on any atom is 0.407 e. The summed E-state index contributed by atoms with van der Waals surface area (Å²) in [5.41, 5.74) is 4.45. The van der Waals surface area contributed by atoms with Crippen LogP contribution in [0.4, 0.5) is 19.3 Å². The summed E-state index contributed by atoms with van der Waals surface area (Å²) >= 11 is 0. The zero-order valence-electron chi connectivity index (χ0n) is 16.8. The molecule has 11 nitrogen and oxygen atoms in total. The van der Waals surface area contributed by atoms with Crippen molar-refractivity contribution in [2.45, 2.75) is 6.54 Å². The molecule has 0 aliphatic carbocycles. The minimum atomic E-state index is -1.19. The van der Waals surface area contributed by atoms with Crippen molar-refractivity contribution in [3.8, 4) is 0 Å². The van der Waals surface area contributed by atoms with Gasteiger partial charge >= 0.3 is 6.09 Å². The van der Waals surface area contributed by atoms with E-state index in [0.29, 0.717) is 6.07 Å². The Labute approximate surface area is 183 Å².